The highest BCUT2D eigenvalue weighted by Crippen LogP contribution is 2.30. The summed E-state index contributed by atoms with van der Waals surface area (Å²) >= 11 is 6.27. The highest BCUT2D eigenvalue weighted by molar-refractivity contribution is 7.90. The van der Waals surface area contributed by atoms with Crippen molar-refractivity contribution in [3.05, 3.63) is 88.7 Å². The Hall–Kier alpha value is -2.17. The molecular formula is C21H18ClFO2S. The number of rotatable bonds is 5. The molecule has 0 spiro atoms. The summed E-state index contributed by atoms with van der Waals surface area (Å²) < 4.78 is 38.6. The molecule has 134 valence electrons. The van der Waals surface area contributed by atoms with Gasteiger partial charge in [0.1, 0.15) is 5.82 Å². The predicted molar refractivity (Wildman–Crippen MR) is 104 cm³/mol. The van der Waals surface area contributed by atoms with Crippen LogP contribution in [0, 0.1) is 5.82 Å². The number of hydrogen-bond donors (Lipinski definition) is 0. The van der Waals surface area contributed by atoms with Crippen LogP contribution in [0.4, 0.5) is 4.39 Å². The molecule has 0 fully saturated rings. The van der Waals surface area contributed by atoms with E-state index in [1.807, 2.05) is 25.1 Å². The molecule has 0 N–H and O–H groups in total. The topological polar surface area (TPSA) is 34.1 Å². The third kappa shape index (κ3) is 4.14. The summed E-state index contributed by atoms with van der Waals surface area (Å²) in [5, 5.41) is 0.165. The third-order valence-electron chi connectivity index (χ3n) is 4.20. The van der Waals surface area contributed by atoms with Crippen molar-refractivity contribution in [2.24, 2.45) is 0 Å². The zero-order valence-corrected chi connectivity index (χ0v) is 15.8. The molecule has 0 radical (unpaired) electrons. The van der Waals surface area contributed by atoms with E-state index < -0.39 is 9.84 Å². The number of benzene rings is 3. The van der Waals surface area contributed by atoms with Gasteiger partial charge in [0.15, 0.2) is 9.84 Å². The van der Waals surface area contributed by atoms with Crippen LogP contribution in [0.2, 0.25) is 5.02 Å². The van der Waals surface area contributed by atoms with Crippen molar-refractivity contribution >= 4 is 21.4 Å². The van der Waals surface area contributed by atoms with E-state index in [0.717, 1.165) is 28.7 Å². The van der Waals surface area contributed by atoms with Gasteiger partial charge in [0, 0.05) is 0 Å². The molecule has 0 aliphatic rings. The predicted octanol–water partition coefficient (Wildman–Crippen LogP) is 5.68. The normalized spacial score (nSPS) is 11.5. The molecule has 0 aliphatic carbocycles. The lowest BCUT2D eigenvalue weighted by atomic mass is 10.1. The lowest BCUT2D eigenvalue weighted by Gasteiger charge is -2.10. The van der Waals surface area contributed by atoms with E-state index in [9.17, 15) is 12.8 Å². The molecule has 3 rings (SSSR count). The molecule has 3 aromatic rings. The number of sulfone groups is 1. The number of aryl methyl sites for hydroxylation is 1. The van der Waals surface area contributed by atoms with E-state index in [2.05, 4.69) is 0 Å². The van der Waals surface area contributed by atoms with Crippen LogP contribution in [-0.4, -0.2) is 8.42 Å². The zero-order valence-electron chi connectivity index (χ0n) is 14.2. The van der Waals surface area contributed by atoms with E-state index in [1.165, 1.54) is 18.2 Å². The van der Waals surface area contributed by atoms with E-state index in [-0.39, 0.29) is 21.5 Å². The summed E-state index contributed by atoms with van der Waals surface area (Å²) in [6.07, 6.45) is 0.848. The Labute approximate surface area is 158 Å². The SMILES string of the molecule is CCc1cccc(CS(=O)(=O)c2ccc(-c3ccc(F)cc3)cc2Cl)c1. The molecule has 0 amide bonds. The Morgan fingerprint density at radius 2 is 1.54 bits per heavy atom. The Kier molecular flexibility index (Phi) is 5.44. The second kappa shape index (κ2) is 7.60. The van der Waals surface area contributed by atoms with Gasteiger partial charge in [-0.3, -0.25) is 0 Å². The maximum absolute atomic E-state index is 13.1. The highest BCUT2D eigenvalue weighted by atomic mass is 35.5. The maximum Gasteiger partial charge on any atom is 0.183 e. The van der Waals surface area contributed by atoms with Gasteiger partial charge < -0.3 is 0 Å². The number of hydrogen-bond acceptors (Lipinski definition) is 2. The first kappa shape index (κ1) is 18.6. The smallest absolute Gasteiger partial charge is 0.183 e. The van der Waals surface area contributed by atoms with E-state index >= 15 is 0 Å². The summed E-state index contributed by atoms with van der Waals surface area (Å²) in [7, 11) is -3.57. The average molecular weight is 389 g/mol. The van der Waals surface area contributed by atoms with Gasteiger partial charge in [-0.2, -0.15) is 0 Å². The quantitative estimate of drug-likeness (QED) is 0.563. The summed E-state index contributed by atoms with van der Waals surface area (Å²) in [6, 6.07) is 18.3. The fourth-order valence-corrected chi connectivity index (χ4v) is 4.75. The molecule has 0 heterocycles. The van der Waals surface area contributed by atoms with Crippen LogP contribution in [0.15, 0.2) is 71.6 Å². The Bertz CT molecular complexity index is 1030. The summed E-state index contributed by atoms with van der Waals surface area (Å²) in [4.78, 5) is 0.104. The summed E-state index contributed by atoms with van der Waals surface area (Å²) in [6.45, 7) is 2.03. The largest absolute Gasteiger partial charge is 0.223 e. The number of halogens is 2. The molecule has 0 atom stereocenters. The Morgan fingerprint density at radius 3 is 2.19 bits per heavy atom. The summed E-state index contributed by atoms with van der Waals surface area (Å²) in [5.74, 6) is -0.426. The lowest BCUT2D eigenvalue weighted by Crippen LogP contribution is -2.06. The van der Waals surface area contributed by atoms with Crippen molar-refractivity contribution in [1.29, 1.82) is 0 Å². The molecule has 26 heavy (non-hydrogen) atoms. The first-order chi connectivity index (χ1) is 12.4. The first-order valence-electron chi connectivity index (χ1n) is 8.25. The van der Waals surface area contributed by atoms with Crippen molar-refractivity contribution in [3.8, 4) is 11.1 Å². The first-order valence-corrected chi connectivity index (χ1v) is 10.3. The van der Waals surface area contributed by atoms with Crippen molar-refractivity contribution in [2.45, 2.75) is 24.0 Å². The van der Waals surface area contributed by atoms with Crippen molar-refractivity contribution in [2.75, 3.05) is 0 Å². The van der Waals surface area contributed by atoms with E-state index in [4.69, 9.17) is 11.6 Å². The second-order valence-corrected chi connectivity index (χ2v) is 8.45. The molecule has 0 aromatic heterocycles. The monoisotopic (exact) mass is 388 g/mol. The minimum atomic E-state index is -3.57. The molecule has 0 aliphatic heterocycles. The van der Waals surface area contributed by atoms with Gasteiger partial charge in [0.05, 0.1) is 15.7 Å². The van der Waals surface area contributed by atoms with Gasteiger partial charge in [-0.05, 0) is 52.9 Å². The fraction of sp³-hybridized carbons (Fsp3) is 0.143. The van der Waals surface area contributed by atoms with Crippen molar-refractivity contribution < 1.29 is 12.8 Å². The van der Waals surface area contributed by atoms with Crippen LogP contribution in [0.1, 0.15) is 18.1 Å². The fourth-order valence-electron chi connectivity index (χ4n) is 2.81. The van der Waals surface area contributed by atoms with E-state index in [1.54, 1.807) is 30.3 Å². The molecule has 5 heteroatoms. The van der Waals surface area contributed by atoms with Crippen LogP contribution in [0.3, 0.4) is 0 Å². The molecular weight excluding hydrogens is 371 g/mol. The molecule has 0 bridgehead atoms. The standard InChI is InChI=1S/C21H18ClFO2S/c1-2-15-4-3-5-16(12-15)14-26(24,25)21-11-8-18(13-20(21)22)17-6-9-19(23)10-7-17/h3-13H,2,14H2,1H3. The molecule has 2 nitrogen and oxygen atoms in total. The van der Waals surface area contributed by atoms with Crippen LogP contribution < -0.4 is 0 Å². The Balaban J connectivity index is 1.91. The maximum atomic E-state index is 13.1. The van der Waals surface area contributed by atoms with Crippen molar-refractivity contribution in [1.82, 2.24) is 0 Å². The molecule has 0 saturated heterocycles. The Morgan fingerprint density at radius 1 is 0.885 bits per heavy atom. The van der Waals surface area contributed by atoms with Gasteiger partial charge in [-0.1, -0.05) is 61.0 Å². The van der Waals surface area contributed by atoms with Crippen LogP contribution in [0.5, 0.6) is 0 Å². The minimum Gasteiger partial charge on any atom is -0.223 e. The van der Waals surface area contributed by atoms with E-state index in [0.29, 0.717) is 0 Å². The van der Waals surface area contributed by atoms with Gasteiger partial charge in [-0.25, -0.2) is 12.8 Å². The van der Waals surface area contributed by atoms with Gasteiger partial charge >= 0.3 is 0 Å². The zero-order chi connectivity index (χ0) is 18.7. The highest BCUT2D eigenvalue weighted by Gasteiger charge is 2.19. The van der Waals surface area contributed by atoms with Gasteiger partial charge in [0.2, 0.25) is 0 Å². The van der Waals surface area contributed by atoms with Crippen LogP contribution in [-0.2, 0) is 22.0 Å². The molecule has 3 aromatic carbocycles. The third-order valence-corrected chi connectivity index (χ3v) is 6.37. The summed E-state index contributed by atoms with van der Waals surface area (Å²) in [5.41, 5.74) is 3.34. The van der Waals surface area contributed by atoms with Crippen molar-refractivity contribution in [3.63, 3.8) is 0 Å². The van der Waals surface area contributed by atoms with Crippen LogP contribution in [0.25, 0.3) is 11.1 Å². The van der Waals surface area contributed by atoms with Crippen LogP contribution >= 0.6 is 11.6 Å². The molecule has 0 unspecified atom stereocenters. The second-order valence-electron chi connectivity index (χ2n) is 6.08. The minimum absolute atomic E-state index is 0.101. The van der Waals surface area contributed by atoms with Gasteiger partial charge in [0.25, 0.3) is 0 Å². The molecule has 0 saturated carbocycles. The van der Waals surface area contributed by atoms with Gasteiger partial charge in [-0.15, -0.1) is 0 Å². The lowest BCUT2D eigenvalue weighted by molar-refractivity contribution is 0.595. The average Bonchev–Trinajstić information content (AvgIpc) is 2.61.